The van der Waals surface area contributed by atoms with E-state index in [9.17, 15) is 27.6 Å². The summed E-state index contributed by atoms with van der Waals surface area (Å²) >= 11 is -1.03. The summed E-state index contributed by atoms with van der Waals surface area (Å²) in [6.07, 6.45) is -4.17. The maximum Gasteiger partial charge on any atom is 0.416 e. The smallest absolute Gasteiger partial charge is 0.416 e. The zero-order chi connectivity index (χ0) is 28.0. The summed E-state index contributed by atoms with van der Waals surface area (Å²) < 4.78 is 62.1. The first-order valence-corrected chi connectivity index (χ1v) is 14.4. The minimum absolute atomic E-state index is 0.0121. The van der Waals surface area contributed by atoms with Crippen LogP contribution < -0.4 is 14.8 Å². The van der Waals surface area contributed by atoms with Crippen LogP contribution in [-0.2, 0) is 22.1 Å². The van der Waals surface area contributed by atoms with Gasteiger partial charge in [0, 0.05) is 38.4 Å². The largest absolute Gasteiger partial charge is 0.611 e. The standard InChI is InChI=1S/C27H34F3N3O5S/c1-2-3-14-39(36)21-7-5-20(6-8-21)31-26(35)17-33-12-10-32(11-13-33)16-22(34)25-18-37-24-15-19(27(28,29)30)4-9-23(24)38-25/h4-9,15,22,25,34H,2-3,10-14,16-18H2,1H3,(H,31,35). The second kappa shape index (κ2) is 13.2. The Morgan fingerprint density at radius 2 is 1.82 bits per heavy atom. The second-order valence-electron chi connectivity index (χ2n) is 9.75. The number of anilines is 1. The number of fused-ring (bicyclic) bond motifs is 1. The Morgan fingerprint density at radius 3 is 2.49 bits per heavy atom. The highest BCUT2D eigenvalue weighted by Crippen LogP contribution is 2.38. The van der Waals surface area contributed by atoms with Crippen LogP contribution in [0, 0.1) is 0 Å². The highest BCUT2D eigenvalue weighted by molar-refractivity contribution is 7.91. The molecule has 2 aromatic carbocycles. The Kier molecular flexibility index (Phi) is 10.00. The molecule has 214 valence electrons. The van der Waals surface area contributed by atoms with Gasteiger partial charge in [-0.25, -0.2) is 0 Å². The van der Waals surface area contributed by atoms with Crippen LogP contribution in [0.4, 0.5) is 18.9 Å². The van der Waals surface area contributed by atoms with Crippen molar-refractivity contribution in [3.8, 4) is 11.5 Å². The summed E-state index contributed by atoms with van der Waals surface area (Å²) in [5.41, 5.74) is -0.160. The van der Waals surface area contributed by atoms with Crippen molar-refractivity contribution in [3.05, 3.63) is 48.0 Å². The van der Waals surface area contributed by atoms with Gasteiger partial charge in [0.25, 0.3) is 0 Å². The lowest BCUT2D eigenvalue weighted by Gasteiger charge is -2.37. The summed E-state index contributed by atoms with van der Waals surface area (Å²) in [5.74, 6) is 0.683. The average molecular weight is 570 g/mol. The summed E-state index contributed by atoms with van der Waals surface area (Å²) in [6, 6.07) is 10.1. The number of alkyl halides is 3. The summed E-state index contributed by atoms with van der Waals surface area (Å²) in [7, 11) is 0. The third-order valence-corrected chi connectivity index (χ3v) is 8.20. The maximum atomic E-state index is 12.9. The number of aliphatic hydroxyl groups is 1. The van der Waals surface area contributed by atoms with Crippen LogP contribution in [0.5, 0.6) is 11.5 Å². The molecule has 39 heavy (non-hydrogen) atoms. The van der Waals surface area contributed by atoms with E-state index in [1.807, 2.05) is 4.90 Å². The van der Waals surface area contributed by atoms with Gasteiger partial charge < -0.3 is 24.4 Å². The number of halogens is 3. The molecule has 12 heteroatoms. The van der Waals surface area contributed by atoms with Crippen LogP contribution in [0.2, 0.25) is 0 Å². The minimum atomic E-state index is -4.47. The molecule has 2 aromatic rings. The van der Waals surface area contributed by atoms with Crippen LogP contribution in [-0.4, -0.2) is 89.2 Å². The molecule has 0 aromatic heterocycles. The molecule has 2 aliphatic heterocycles. The predicted octanol–water partition coefficient (Wildman–Crippen LogP) is 3.37. The Morgan fingerprint density at radius 1 is 1.13 bits per heavy atom. The quantitative estimate of drug-likeness (QED) is 0.424. The normalized spacial score (nSPS) is 19.9. The zero-order valence-corrected chi connectivity index (χ0v) is 22.6. The van der Waals surface area contributed by atoms with E-state index in [1.165, 1.54) is 6.07 Å². The number of amides is 1. The van der Waals surface area contributed by atoms with Crippen molar-refractivity contribution >= 4 is 22.8 Å². The number of benzene rings is 2. The number of β-amino-alcohol motifs (C(OH)–C–C–N with tert-alkyl or cyclic N) is 1. The van der Waals surface area contributed by atoms with Crippen molar-refractivity contribution in [2.24, 2.45) is 0 Å². The number of hydrogen-bond donors (Lipinski definition) is 2. The van der Waals surface area contributed by atoms with Crippen LogP contribution in [0.15, 0.2) is 47.4 Å². The van der Waals surface area contributed by atoms with E-state index in [4.69, 9.17) is 9.47 Å². The lowest BCUT2D eigenvalue weighted by atomic mass is 10.1. The van der Waals surface area contributed by atoms with Gasteiger partial charge in [-0.2, -0.15) is 13.2 Å². The molecule has 1 amide bonds. The number of piperazine rings is 1. The van der Waals surface area contributed by atoms with Gasteiger partial charge in [0.1, 0.15) is 18.5 Å². The number of unbranched alkanes of at least 4 members (excludes halogenated alkanes) is 1. The van der Waals surface area contributed by atoms with E-state index >= 15 is 0 Å². The third-order valence-electron chi connectivity index (χ3n) is 6.74. The van der Waals surface area contributed by atoms with E-state index in [0.29, 0.717) is 44.2 Å². The van der Waals surface area contributed by atoms with Crippen molar-refractivity contribution in [1.82, 2.24) is 9.80 Å². The minimum Gasteiger partial charge on any atom is -0.611 e. The molecular weight excluding hydrogens is 535 g/mol. The van der Waals surface area contributed by atoms with E-state index in [-0.39, 0.29) is 30.6 Å². The zero-order valence-electron chi connectivity index (χ0n) is 21.8. The van der Waals surface area contributed by atoms with Crippen LogP contribution >= 0.6 is 0 Å². The number of rotatable bonds is 10. The van der Waals surface area contributed by atoms with Crippen molar-refractivity contribution in [1.29, 1.82) is 0 Å². The molecule has 4 rings (SSSR count). The van der Waals surface area contributed by atoms with Gasteiger partial charge in [-0.15, -0.1) is 0 Å². The Hall–Kier alpha value is -2.51. The second-order valence-corrected chi connectivity index (χ2v) is 11.3. The van der Waals surface area contributed by atoms with Gasteiger partial charge in [0.2, 0.25) is 5.91 Å². The SMILES string of the molecule is CCCC[S+]([O-])c1ccc(NC(=O)CN2CCN(CC(O)C3COc4cc(C(F)(F)F)ccc4O3)CC2)cc1. The molecule has 3 unspecified atom stereocenters. The number of nitrogens with one attached hydrogen (secondary N) is 1. The van der Waals surface area contributed by atoms with Gasteiger partial charge in [0.05, 0.1) is 12.1 Å². The summed E-state index contributed by atoms with van der Waals surface area (Å²) in [5, 5.41) is 13.6. The third kappa shape index (κ3) is 8.24. The van der Waals surface area contributed by atoms with Crippen molar-refractivity contribution < 1.29 is 37.1 Å². The lowest BCUT2D eigenvalue weighted by Crippen LogP contribution is -2.53. The number of aliphatic hydroxyl groups excluding tert-OH is 1. The topological polar surface area (TPSA) is 97.3 Å². The van der Waals surface area contributed by atoms with E-state index in [1.54, 1.807) is 24.3 Å². The molecule has 2 aliphatic rings. The molecular formula is C27H34F3N3O5S. The number of hydrogen-bond acceptors (Lipinski definition) is 7. The molecule has 1 fully saturated rings. The number of carbonyl (C=O) groups is 1. The highest BCUT2D eigenvalue weighted by Gasteiger charge is 2.34. The van der Waals surface area contributed by atoms with Gasteiger partial charge >= 0.3 is 6.18 Å². The fraction of sp³-hybridized carbons (Fsp3) is 0.519. The van der Waals surface area contributed by atoms with Crippen molar-refractivity contribution in [3.63, 3.8) is 0 Å². The predicted molar refractivity (Wildman–Crippen MR) is 141 cm³/mol. The van der Waals surface area contributed by atoms with Gasteiger partial charge in [-0.3, -0.25) is 14.6 Å². The van der Waals surface area contributed by atoms with Gasteiger partial charge in [-0.1, -0.05) is 13.3 Å². The molecule has 2 N–H and O–H groups in total. The Balaban J connectivity index is 1.18. The fourth-order valence-corrected chi connectivity index (χ4v) is 5.68. The van der Waals surface area contributed by atoms with Gasteiger partial charge in [0.15, 0.2) is 22.5 Å². The fourth-order valence-electron chi connectivity index (χ4n) is 4.45. The maximum absolute atomic E-state index is 12.9. The molecule has 0 saturated carbocycles. The molecule has 0 bridgehead atoms. The molecule has 1 saturated heterocycles. The van der Waals surface area contributed by atoms with E-state index in [0.717, 1.165) is 29.9 Å². The first-order valence-electron chi connectivity index (χ1n) is 13.0. The summed E-state index contributed by atoms with van der Waals surface area (Å²) in [4.78, 5) is 17.4. The monoisotopic (exact) mass is 569 g/mol. The molecule has 2 heterocycles. The number of carbonyl (C=O) groups excluding carboxylic acids is 1. The molecule has 0 spiro atoms. The average Bonchev–Trinajstić information content (AvgIpc) is 2.92. The summed E-state index contributed by atoms with van der Waals surface area (Å²) in [6.45, 7) is 5.12. The molecule has 8 nitrogen and oxygen atoms in total. The van der Waals surface area contributed by atoms with E-state index in [2.05, 4.69) is 17.1 Å². The first kappa shape index (κ1) is 29.5. The highest BCUT2D eigenvalue weighted by atomic mass is 32.2. The van der Waals surface area contributed by atoms with Crippen LogP contribution in [0.1, 0.15) is 25.3 Å². The van der Waals surface area contributed by atoms with Crippen molar-refractivity contribution in [2.75, 3.05) is 56.9 Å². The van der Waals surface area contributed by atoms with Crippen LogP contribution in [0.25, 0.3) is 0 Å². The molecule has 0 radical (unpaired) electrons. The Bertz CT molecular complexity index is 1100. The molecule has 3 atom stereocenters. The first-order chi connectivity index (χ1) is 18.6. The number of ether oxygens (including phenoxy) is 2. The van der Waals surface area contributed by atoms with Crippen molar-refractivity contribution in [2.45, 2.75) is 43.0 Å². The van der Waals surface area contributed by atoms with Gasteiger partial charge in [-0.05, 0) is 60.1 Å². The lowest BCUT2D eigenvalue weighted by molar-refractivity contribution is -0.137. The molecule has 0 aliphatic carbocycles. The Labute approximate surface area is 229 Å². The van der Waals surface area contributed by atoms with Crippen LogP contribution in [0.3, 0.4) is 0 Å². The number of nitrogens with zero attached hydrogens (tertiary/aromatic N) is 2. The van der Waals surface area contributed by atoms with E-state index < -0.39 is 35.1 Å².